The second-order valence-corrected chi connectivity index (χ2v) is 4.73. The highest BCUT2D eigenvalue weighted by atomic mass is 16.3. The number of phenols is 1. The first-order chi connectivity index (χ1) is 7.95. The Kier molecular flexibility index (Phi) is 4.55. The van der Waals surface area contributed by atoms with E-state index in [2.05, 4.69) is 26.1 Å². The lowest BCUT2D eigenvalue weighted by Gasteiger charge is -2.20. The van der Waals surface area contributed by atoms with Crippen LogP contribution in [-0.4, -0.2) is 17.1 Å². The maximum atomic E-state index is 12.0. The number of rotatable bonds is 4. The summed E-state index contributed by atoms with van der Waals surface area (Å²) in [6, 6.07) is 5.17. The van der Waals surface area contributed by atoms with Crippen LogP contribution < -0.4 is 5.32 Å². The van der Waals surface area contributed by atoms with Crippen LogP contribution in [0.3, 0.4) is 0 Å². The van der Waals surface area contributed by atoms with Crippen LogP contribution in [0.25, 0.3) is 0 Å². The van der Waals surface area contributed by atoms with Crippen LogP contribution in [-0.2, 0) is 0 Å². The number of benzene rings is 1. The van der Waals surface area contributed by atoms with Crippen LogP contribution in [0, 0.1) is 12.8 Å². The van der Waals surface area contributed by atoms with Crippen molar-refractivity contribution >= 4 is 5.91 Å². The maximum absolute atomic E-state index is 12.0. The van der Waals surface area contributed by atoms with E-state index in [1.165, 1.54) is 6.07 Å². The van der Waals surface area contributed by atoms with E-state index >= 15 is 0 Å². The smallest absolute Gasteiger partial charge is 0.251 e. The fraction of sp³-hybridized carbons (Fsp3) is 0.500. The minimum absolute atomic E-state index is 0.124. The van der Waals surface area contributed by atoms with E-state index in [0.29, 0.717) is 11.5 Å². The Bertz CT molecular complexity index is 399. The van der Waals surface area contributed by atoms with Crippen molar-refractivity contribution in [2.24, 2.45) is 5.92 Å². The zero-order valence-corrected chi connectivity index (χ0v) is 10.9. The molecular weight excluding hydrogens is 214 g/mol. The number of nitrogens with one attached hydrogen (secondary N) is 1. The van der Waals surface area contributed by atoms with Gasteiger partial charge in [0.25, 0.3) is 5.91 Å². The predicted molar refractivity (Wildman–Crippen MR) is 69.2 cm³/mol. The van der Waals surface area contributed by atoms with E-state index in [4.69, 9.17) is 0 Å². The molecule has 94 valence electrons. The number of phenolic OH excluding ortho intramolecular Hbond substituents is 1. The third kappa shape index (κ3) is 3.48. The van der Waals surface area contributed by atoms with Crippen molar-refractivity contribution in [3.8, 4) is 5.75 Å². The highest BCUT2D eigenvalue weighted by Gasteiger charge is 2.15. The van der Waals surface area contributed by atoms with E-state index < -0.39 is 0 Å². The van der Waals surface area contributed by atoms with Crippen molar-refractivity contribution in [2.45, 2.75) is 40.2 Å². The van der Waals surface area contributed by atoms with Gasteiger partial charge in [-0.1, -0.05) is 26.8 Å². The largest absolute Gasteiger partial charge is 0.508 e. The van der Waals surface area contributed by atoms with Gasteiger partial charge in [-0.25, -0.2) is 0 Å². The second kappa shape index (κ2) is 5.71. The molecular formula is C14H21NO2. The molecule has 17 heavy (non-hydrogen) atoms. The standard InChI is InChI=1S/C14H21NO2/c1-5-12(9(2)3)15-14(17)11-7-6-10(4)13(16)8-11/h6-9,12,16H,5H2,1-4H3,(H,15,17). The van der Waals surface area contributed by atoms with Crippen molar-refractivity contribution in [1.82, 2.24) is 5.32 Å². The summed E-state index contributed by atoms with van der Waals surface area (Å²) >= 11 is 0. The number of carbonyl (C=O) groups excluding carboxylic acids is 1. The molecule has 3 nitrogen and oxygen atoms in total. The molecule has 1 amide bonds. The molecule has 0 saturated carbocycles. The molecule has 0 aliphatic heterocycles. The number of aryl methyl sites for hydroxylation is 1. The van der Waals surface area contributed by atoms with Crippen LogP contribution in [0.2, 0.25) is 0 Å². The van der Waals surface area contributed by atoms with Crippen molar-refractivity contribution in [1.29, 1.82) is 0 Å². The van der Waals surface area contributed by atoms with E-state index in [0.717, 1.165) is 12.0 Å². The van der Waals surface area contributed by atoms with Crippen LogP contribution in [0.5, 0.6) is 5.75 Å². The molecule has 0 fully saturated rings. The van der Waals surface area contributed by atoms with Gasteiger partial charge in [-0.05, 0) is 37.0 Å². The van der Waals surface area contributed by atoms with Gasteiger partial charge in [-0.2, -0.15) is 0 Å². The average molecular weight is 235 g/mol. The van der Waals surface area contributed by atoms with Gasteiger partial charge in [-0.15, -0.1) is 0 Å². The fourth-order valence-electron chi connectivity index (χ4n) is 1.74. The van der Waals surface area contributed by atoms with Crippen LogP contribution >= 0.6 is 0 Å². The Balaban J connectivity index is 2.79. The van der Waals surface area contributed by atoms with Crippen molar-refractivity contribution in [3.63, 3.8) is 0 Å². The van der Waals surface area contributed by atoms with E-state index in [-0.39, 0.29) is 17.7 Å². The van der Waals surface area contributed by atoms with E-state index in [9.17, 15) is 9.90 Å². The average Bonchev–Trinajstić information content (AvgIpc) is 2.28. The third-order valence-corrected chi connectivity index (χ3v) is 3.03. The lowest BCUT2D eigenvalue weighted by molar-refractivity contribution is 0.0924. The molecule has 1 aromatic carbocycles. The number of hydrogen-bond acceptors (Lipinski definition) is 2. The first-order valence-corrected chi connectivity index (χ1v) is 6.06. The molecule has 0 aromatic heterocycles. The Morgan fingerprint density at radius 3 is 2.53 bits per heavy atom. The number of hydrogen-bond donors (Lipinski definition) is 2. The Morgan fingerprint density at radius 2 is 2.06 bits per heavy atom. The molecule has 2 N–H and O–H groups in total. The first kappa shape index (κ1) is 13.6. The molecule has 1 atom stereocenters. The summed E-state index contributed by atoms with van der Waals surface area (Å²) in [7, 11) is 0. The fourth-order valence-corrected chi connectivity index (χ4v) is 1.74. The molecule has 0 radical (unpaired) electrons. The third-order valence-electron chi connectivity index (χ3n) is 3.03. The minimum atomic E-state index is -0.124. The van der Waals surface area contributed by atoms with Crippen molar-refractivity contribution < 1.29 is 9.90 Å². The quantitative estimate of drug-likeness (QED) is 0.843. The van der Waals surface area contributed by atoms with Gasteiger partial charge in [0.2, 0.25) is 0 Å². The van der Waals surface area contributed by atoms with Gasteiger partial charge >= 0.3 is 0 Å². The highest BCUT2D eigenvalue weighted by molar-refractivity contribution is 5.94. The van der Waals surface area contributed by atoms with Gasteiger partial charge in [0.1, 0.15) is 5.75 Å². The Morgan fingerprint density at radius 1 is 1.41 bits per heavy atom. The summed E-state index contributed by atoms with van der Waals surface area (Å²) in [4.78, 5) is 12.0. The zero-order valence-electron chi connectivity index (χ0n) is 10.9. The molecule has 0 heterocycles. The number of amides is 1. The van der Waals surface area contributed by atoms with E-state index in [1.807, 2.05) is 0 Å². The summed E-state index contributed by atoms with van der Waals surface area (Å²) in [6.45, 7) is 8.03. The number of carbonyl (C=O) groups is 1. The molecule has 0 aliphatic carbocycles. The van der Waals surface area contributed by atoms with Crippen molar-refractivity contribution in [3.05, 3.63) is 29.3 Å². The topological polar surface area (TPSA) is 49.3 Å². The van der Waals surface area contributed by atoms with E-state index in [1.54, 1.807) is 19.1 Å². The summed E-state index contributed by atoms with van der Waals surface area (Å²) in [5.74, 6) is 0.444. The molecule has 0 aliphatic rings. The molecule has 0 saturated heterocycles. The van der Waals surface area contributed by atoms with Crippen LogP contribution in [0.15, 0.2) is 18.2 Å². The van der Waals surface area contributed by atoms with Crippen molar-refractivity contribution in [2.75, 3.05) is 0 Å². The van der Waals surface area contributed by atoms with Gasteiger partial charge in [0, 0.05) is 11.6 Å². The lowest BCUT2D eigenvalue weighted by atomic mass is 10.0. The summed E-state index contributed by atoms with van der Waals surface area (Å²) in [5, 5.41) is 12.5. The molecule has 0 bridgehead atoms. The summed E-state index contributed by atoms with van der Waals surface area (Å²) in [6.07, 6.45) is 0.904. The van der Waals surface area contributed by atoms with Gasteiger partial charge < -0.3 is 10.4 Å². The zero-order chi connectivity index (χ0) is 13.0. The number of aromatic hydroxyl groups is 1. The Hall–Kier alpha value is -1.51. The minimum Gasteiger partial charge on any atom is -0.508 e. The highest BCUT2D eigenvalue weighted by Crippen LogP contribution is 2.17. The molecule has 3 heteroatoms. The van der Waals surface area contributed by atoms with Crippen LogP contribution in [0.1, 0.15) is 43.1 Å². The SMILES string of the molecule is CCC(NC(=O)c1ccc(C)c(O)c1)C(C)C. The van der Waals surface area contributed by atoms with Crippen LogP contribution in [0.4, 0.5) is 0 Å². The molecule has 0 spiro atoms. The molecule has 1 rings (SSSR count). The maximum Gasteiger partial charge on any atom is 0.251 e. The lowest BCUT2D eigenvalue weighted by Crippen LogP contribution is -2.37. The summed E-state index contributed by atoms with van der Waals surface area (Å²) in [5.41, 5.74) is 1.28. The predicted octanol–water partition coefficient (Wildman–Crippen LogP) is 2.87. The Labute approximate surface area is 103 Å². The second-order valence-electron chi connectivity index (χ2n) is 4.73. The van der Waals surface area contributed by atoms with Gasteiger partial charge in [0.05, 0.1) is 0 Å². The van der Waals surface area contributed by atoms with Gasteiger partial charge in [-0.3, -0.25) is 4.79 Å². The normalized spacial score (nSPS) is 12.5. The molecule has 1 aromatic rings. The first-order valence-electron chi connectivity index (χ1n) is 6.06. The van der Waals surface area contributed by atoms with Gasteiger partial charge in [0.15, 0.2) is 0 Å². The molecule has 1 unspecified atom stereocenters. The monoisotopic (exact) mass is 235 g/mol. The summed E-state index contributed by atoms with van der Waals surface area (Å²) < 4.78 is 0.